The fourth-order valence-electron chi connectivity index (χ4n) is 2.03. The first-order chi connectivity index (χ1) is 8.30. The third kappa shape index (κ3) is 4.78. The predicted molar refractivity (Wildman–Crippen MR) is 73.5 cm³/mol. The fraction of sp³-hybridized carbons (Fsp3) is 0.786. The third-order valence-corrected chi connectivity index (χ3v) is 3.31. The fourth-order valence-corrected chi connectivity index (χ4v) is 2.03. The molecule has 1 saturated heterocycles. The predicted octanol–water partition coefficient (Wildman–Crippen LogP) is 1.52. The van der Waals surface area contributed by atoms with Gasteiger partial charge in [-0.25, -0.2) is 4.79 Å². The number of carbonyl (C=O) groups excluding carboxylic acids is 1. The van der Waals surface area contributed by atoms with Gasteiger partial charge < -0.3 is 4.74 Å². The Morgan fingerprint density at radius 1 is 1.22 bits per heavy atom. The summed E-state index contributed by atoms with van der Waals surface area (Å²) in [6, 6.07) is 0. The molecule has 18 heavy (non-hydrogen) atoms. The average Bonchev–Trinajstić information content (AvgIpc) is 2.28. The van der Waals surface area contributed by atoms with Gasteiger partial charge in [-0.2, -0.15) is 0 Å². The number of hydrogen-bond acceptors (Lipinski definition) is 4. The second-order valence-corrected chi connectivity index (χ2v) is 5.92. The van der Waals surface area contributed by atoms with Crippen LogP contribution in [0.4, 0.5) is 0 Å². The summed E-state index contributed by atoms with van der Waals surface area (Å²) in [4.78, 5) is 16.1. The molecule has 1 rings (SSSR count). The summed E-state index contributed by atoms with van der Waals surface area (Å²) in [7, 11) is 0. The Bertz CT molecular complexity index is 299. The minimum atomic E-state index is -0.289. The van der Waals surface area contributed by atoms with E-state index in [0.29, 0.717) is 12.2 Å². The molecule has 0 saturated carbocycles. The Morgan fingerprint density at radius 3 is 2.22 bits per heavy atom. The molecule has 1 aliphatic heterocycles. The molecule has 0 unspecified atom stereocenters. The summed E-state index contributed by atoms with van der Waals surface area (Å²) in [6.45, 7) is 17.5. The van der Waals surface area contributed by atoms with Crippen molar-refractivity contribution in [2.45, 2.75) is 33.2 Å². The second kappa shape index (κ2) is 6.34. The SMILES string of the molecule is C=C(C)C(=O)OCCN1CCN(C(C)(C)C)CC1. The number of carbonyl (C=O) groups is 1. The van der Waals surface area contributed by atoms with E-state index in [2.05, 4.69) is 37.1 Å². The summed E-state index contributed by atoms with van der Waals surface area (Å²) >= 11 is 0. The van der Waals surface area contributed by atoms with Crippen molar-refractivity contribution in [3.8, 4) is 0 Å². The van der Waals surface area contributed by atoms with Crippen molar-refractivity contribution in [1.82, 2.24) is 9.80 Å². The highest BCUT2D eigenvalue weighted by atomic mass is 16.5. The number of piperazine rings is 1. The van der Waals surface area contributed by atoms with Crippen LogP contribution in [0.15, 0.2) is 12.2 Å². The molecule has 1 fully saturated rings. The minimum Gasteiger partial charge on any atom is -0.461 e. The van der Waals surface area contributed by atoms with Crippen molar-refractivity contribution in [3.05, 3.63) is 12.2 Å². The van der Waals surface area contributed by atoms with Crippen molar-refractivity contribution in [3.63, 3.8) is 0 Å². The number of nitrogens with zero attached hydrogens (tertiary/aromatic N) is 2. The average molecular weight is 254 g/mol. The molecule has 0 N–H and O–H groups in total. The molecular formula is C14H26N2O2. The second-order valence-electron chi connectivity index (χ2n) is 5.92. The third-order valence-electron chi connectivity index (χ3n) is 3.31. The van der Waals surface area contributed by atoms with Crippen molar-refractivity contribution in [2.24, 2.45) is 0 Å². The Morgan fingerprint density at radius 2 is 1.78 bits per heavy atom. The minimum absolute atomic E-state index is 0.249. The van der Waals surface area contributed by atoms with Gasteiger partial charge in [-0.15, -0.1) is 0 Å². The highest BCUT2D eigenvalue weighted by Crippen LogP contribution is 2.15. The van der Waals surface area contributed by atoms with Crippen LogP contribution in [0.1, 0.15) is 27.7 Å². The maximum absolute atomic E-state index is 11.2. The van der Waals surface area contributed by atoms with Crippen LogP contribution in [-0.2, 0) is 9.53 Å². The van der Waals surface area contributed by atoms with E-state index in [9.17, 15) is 4.79 Å². The van der Waals surface area contributed by atoms with Gasteiger partial charge >= 0.3 is 5.97 Å². The standard InChI is InChI=1S/C14H26N2O2/c1-12(2)13(17)18-11-10-15-6-8-16(9-7-15)14(3,4)5/h1,6-11H2,2-5H3. The van der Waals surface area contributed by atoms with Crippen molar-refractivity contribution in [2.75, 3.05) is 39.3 Å². The quantitative estimate of drug-likeness (QED) is 0.562. The van der Waals surface area contributed by atoms with E-state index in [4.69, 9.17) is 4.74 Å². The molecule has 0 radical (unpaired) electrons. The molecule has 0 amide bonds. The van der Waals surface area contributed by atoms with E-state index in [0.717, 1.165) is 32.7 Å². The van der Waals surface area contributed by atoms with Gasteiger partial charge in [0.2, 0.25) is 0 Å². The molecule has 0 aromatic heterocycles. The van der Waals surface area contributed by atoms with E-state index in [1.165, 1.54) is 0 Å². The van der Waals surface area contributed by atoms with E-state index >= 15 is 0 Å². The Hall–Kier alpha value is -0.870. The zero-order chi connectivity index (χ0) is 13.8. The number of ether oxygens (including phenoxy) is 1. The van der Waals surface area contributed by atoms with Crippen molar-refractivity contribution >= 4 is 5.97 Å². The van der Waals surface area contributed by atoms with E-state index < -0.39 is 0 Å². The first-order valence-corrected chi connectivity index (χ1v) is 6.61. The van der Waals surface area contributed by atoms with Crippen LogP contribution in [0.3, 0.4) is 0 Å². The largest absolute Gasteiger partial charge is 0.461 e. The highest BCUT2D eigenvalue weighted by Gasteiger charge is 2.25. The van der Waals surface area contributed by atoms with E-state index in [1.54, 1.807) is 6.92 Å². The number of rotatable bonds is 4. The van der Waals surface area contributed by atoms with E-state index in [-0.39, 0.29) is 11.5 Å². The highest BCUT2D eigenvalue weighted by molar-refractivity contribution is 5.86. The Labute approximate surface area is 111 Å². The van der Waals surface area contributed by atoms with Gasteiger partial charge in [0.25, 0.3) is 0 Å². The topological polar surface area (TPSA) is 32.8 Å². The molecule has 104 valence electrons. The molecule has 0 bridgehead atoms. The van der Waals surface area contributed by atoms with Crippen LogP contribution in [-0.4, -0.2) is 60.6 Å². The lowest BCUT2D eigenvalue weighted by Crippen LogP contribution is -2.53. The summed E-state index contributed by atoms with van der Waals surface area (Å²) < 4.78 is 5.11. The summed E-state index contributed by atoms with van der Waals surface area (Å²) in [6.07, 6.45) is 0. The van der Waals surface area contributed by atoms with Crippen LogP contribution in [0.25, 0.3) is 0 Å². The smallest absolute Gasteiger partial charge is 0.333 e. The molecule has 0 atom stereocenters. The first-order valence-electron chi connectivity index (χ1n) is 6.61. The van der Waals surface area contributed by atoms with Crippen molar-refractivity contribution < 1.29 is 9.53 Å². The van der Waals surface area contributed by atoms with Gasteiger partial charge in [-0.05, 0) is 27.7 Å². The van der Waals surface area contributed by atoms with Gasteiger partial charge in [-0.1, -0.05) is 6.58 Å². The molecule has 0 aromatic rings. The van der Waals surface area contributed by atoms with Gasteiger partial charge in [-0.3, -0.25) is 9.80 Å². The Balaban J connectivity index is 2.20. The maximum Gasteiger partial charge on any atom is 0.333 e. The molecular weight excluding hydrogens is 228 g/mol. The van der Waals surface area contributed by atoms with Gasteiger partial charge in [0, 0.05) is 43.8 Å². The van der Waals surface area contributed by atoms with Crippen LogP contribution < -0.4 is 0 Å². The zero-order valence-electron chi connectivity index (χ0n) is 12.2. The summed E-state index contributed by atoms with van der Waals surface area (Å²) in [5, 5.41) is 0. The molecule has 0 spiro atoms. The zero-order valence-corrected chi connectivity index (χ0v) is 12.2. The molecule has 4 nitrogen and oxygen atoms in total. The summed E-state index contributed by atoms with van der Waals surface area (Å²) in [5.74, 6) is -0.289. The lowest BCUT2D eigenvalue weighted by molar-refractivity contribution is -0.139. The number of esters is 1. The molecule has 1 aliphatic rings. The molecule has 4 heteroatoms. The van der Waals surface area contributed by atoms with Crippen LogP contribution in [0.5, 0.6) is 0 Å². The first kappa shape index (κ1) is 15.2. The van der Waals surface area contributed by atoms with Crippen LogP contribution in [0.2, 0.25) is 0 Å². The lowest BCUT2D eigenvalue weighted by Gasteiger charge is -2.42. The van der Waals surface area contributed by atoms with E-state index in [1.807, 2.05) is 0 Å². The maximum atomic E-state index is 11.2. The van der Waals surface area contributed by atoms with Crippen LogP contribution in [0, 0.1) is 0 Å². The van der Waals surface area contributed by atoms with Gasteiger partial charge in [0.15, 0.2) is 0 Å². The lowest BCUT2D eigenvalue weighted by atomic mass is 10.1. The van der Waals surface area contributed by atoms with Gasteiger partial charge in [0.1, 0.15) is 6.61 Å². The molecule has 0 aromatic carbocycles. The molecule has 1 heterocycles. The monoisotopic (exact) mass is 254 g/mol. The molecule has 0 aliphatic carbocycles. The van der Waals surface area contributed by atoms with Crippen molar-refractivity contribution in [1.29, 1.82) is 0 Å². The van der Waals surface area contributed by atoms with Crippen LogP contribution >= 0.6 is 0 Å². The van der Waals surface area contributed by atoms with Gasteiger partial charge in [0.05, 0.1) is 0 Å². The summed E-state index contributed by atoms with van der Waals surface area (Å²) in [5.41, 5.74) is 0.714. The Kier molecular flexibility index (Phi) is 5.35. The normalized spacial score (nSPS) is 18.7. The number of hydrogen-bond donors (Lipinski definition) is 0.